The average Bonchev–Trinajstić information content (AvgIpc) is 3.39. The number of hydrogen-bond acceptors (Lipinski definition) is 7. The van der Waals surface area contributed by atoms with Crippen LogP contribution in [0, 0.1) is 10.1 Å². The van der Waals surface area contributed by atoms with Gasteiger partial charge in [0.2, 0.25) is 12.7 Å². The van der Waals surface area contributed by atoms with Crippen LogP contribution in [0.15, 0.2) is 60.0 Å². The molecule has 0 saturated carbocycles. The van der Waals surface area contributed by atoms with Crippen molar-refractivity contribution in [3.63, 3.8) is 0 Å². The number of nitro groups is 1. The SMILES string of the molecule is O=C(CSc1nccn1-c1ccc([N+](=O)[O-])cc1)NCc1ccc2c(c1)OCO2. The summed E-state index contributed by atoms with van der Waals surface area (Å²) in [7, 11) is 0. The molecule has 0 aliphatic carbocycles. The number of benzene rings is 2. The molecule has 1 N–H and O–H groups in total. The molecule has 1 aliphatic heterocycles. The zero-order chi connectivity index (χ0) is 20.2. The molecule has 0 fully saturated rings. The number of carbonyl (C=O) groups is 1. The van der Waals surface area contributed by atoms with E-state index < -0.39 is 4.92 Å². The van der Waals surface area contributed by atoms with Gasteiger partial charge in [0.05, 0.1) is 10.7 Å². The van der Waals surface area contributed by atoms with Gasteiger partial charge in [0, 0.05) is 36.8 Å². The van der Waals surface area contributed by atoms with Crippen LogP contribution in [-0.4, -0.2) is 32.9 Å². The molecule has 0 spiro atoms. The minimum atomic E-state index is -0.447. The molecule has 4 rings (SSSR count). The molecular formula is C19H16N4O5S. The van der Waals surface area contributed by atoms with Gasteiger partial charge in [0.25, 0.3) is 5.69 Å². The smallest absolute Gasteiger partial charge is 0.269 e. The van der Waals surface area contributed by atoms with Crippen LogP contribution in [0.5, 0.6) is 11.5 Å². The van der Waals surface area contributed by atoms with E-state index in [1.54, 1.807) is 29.1 Å². The Labute approximate surface area is 169 Å². The second kappa shape index (κ2) is 8.23. The number of hydrogen-bond donors (Lipinski definition) is 1. The van der Waals surface area contributed by atoms with Gasteiger partial charge in [-0.1, -0.05) is 17.8 Å². The number of thioether (sulfide) groups is 1. The minimum absolute atomic E-state index is 0.0194. The van der Waals surface area contributed by atoms with E-state index in [4.69, 9.17) is 9.47 Å². The number of imidazole rings is 1. The highest BCUT2D eigenvalue weighted by Gasteiger charge is 2.14. The van der Waals surface area contributed by atoms with E-state index in [0.717, 1.165) is 11.3 Å². The first-order valence-corrected chi connectivity index (χ1v) is 9.65. The Balaban J connectivity index is 1.33. The van der Waals surface area contributed by atoms with Crippen LogP contribution in [0.3, 0.4) is 0 Å². The topological polar surface area (TPSA) is 109 Å². The number of nitro benzene ring substituents is 1. The third kappa shape index (κ3) is 4.32. The number of carbonyl (C=O) groups excluding carboxylic acids is 1. The van der Waals surface area contributed by atoms with E-state index in [9.17, 15) is 14.9 Å². The summed E-state index contributed by atoms with van der Waals surface area (Å²) in [5.41, 5.74) is 1.67. The number of nitrogens with zero attached hydrogens (tertiary/aromatic N) is 3. The number of rotatable bonds is 7. The number of aromatic nitrogens is 2. The standard InChI is InChI=1S/C19H16N4O5S/c24-18(21-10-13-1-6-16-17(9-13)28-12-27-16)11-29-19-20-7-8-22(19)14-2-4-15(5-3-14)23(25)26/h1-9H,10-12H2,(H,21,24). The third-order valence-electron chi connectivity index (χ3n) is 4.20. The van der Waals surface area contributed by atoms with E-state index in [1.807, 2.05) is 18.2 Å². The van der Waals surface area contributed by atoms with Crippen LogP contribution in [-0.2, 0) is 11.3 Å². The summed E-state index contributed by atoms with van der Waals surface area (Å²) < 4.78 is 12.4. The van der Waals surface area contributed by atoms with Crippen molar-refractivity contribution in [2.75, 3.05) is 12.5 Å². The van der Waals surface area contributed by atoms with Crippen molar-refractivity contribution >= 4 is 23.4 Å². The molecule has 148 valence electrons. The Morgan fingerprint density at radius 3 is 2.79 bits per heavy atom. The highest BCUT2D eigenvalue weighted by molar-refractivity contribution is 7.99. The lowest BCUT2D eigenvalue weighted by molar-refractivity contribution is -0.384. The highest BCUT2D eigenvalue weighted by atomic mass is 32.2. The summed E-state index contributed by atoms with van der Waals surface area (Å²) in [5.74, 6) is 1.44. The van der Waals surface area contributed by atoms with E-state index >= 15 is 0 Å². The Morgan fingerprint density at radius 1 is 1.21 bits per heavy atom. The van der Waals surface area contributed by atoms with Gasteiger partial charge in [-0.05, 0) is 29.8 Å². The Bertz CT molecular complexity index is 1050. The summed E-state index contributed by atoms with van der Waals surface area (Å²) in [5, 5.41) is 14.3. The van der Waals surface area contributed by atoms with Crippen LogP contribution in [0.1, 0.15) is 5.56 Å². The quantitative estimate of drug-likeness (QED) is 0.361. The van der Waals surface area contributed by atoms with Gasteiger partial charge in [-0.3, -0.25) is 19.5 Å². The molecule has 0 bridgehead atoms. The first kappa shape index (κ1) is 18.8. The minimum Gasteiger partial charge on any atom is -0.454 e. The number of fused-ring (bicyclic) bond motifs is 1. The molecule has 2 heterocycles. The summed E-state index contributed by atoms with van der Waals surface area (Å²) >= 11 is 1.28. The van der Waals surface area contributed by atoms with Gasteiger partial charge in [0.1, 0.15) is 0 Å². The van der Waals surface area contributed by atoms with Crippen molar-refractivity contribution in [3.05, 3.63) is 70.5 Å². The predicted octanol–water partition coefficient (Wildman–Crippen LogP) is 2.92. The number of amides is 1. The van der Waals surface area contributed by atoms with Gasteiger partial charge in [-0.25, -0.2) is 4.98 Å². The molecule has 1 amide bonds. The summed E-state index contributed by atoms with van der Waals surface area (Å²) in [6.45, 7) is 0.593. The molecule has 10 heteroatoms. The molecule has 9 nitrogen and oxygen atoms in total. The van der Waals surface area contributed by atoms with Crippen LogP contribution in [0.25, 0.3) is 5.69 Å². The van der Waals surface area contributed by atoms with Crippen molar-refractivity contribution in [1.82, 2.24) is 14.9 Å². The third-order valence-corrected chi connectivity index (χ3v) is 5.17. The maximum Gasteiger partial charge on any atom is 0.269 e. The zero-order valence-corrected chi connectivity index (χ0v) is 15.9. The Hall–Kier alpha value is -3.53. The van der Waals surface area contributed by atoms with Crippen molar-refractivity contribution in [3.8, 4) is 17.2 Å². The van der Waals surface area contributed by atoms with Crippen molar-refractivity contribution in [1.29, 1.82) is 0 Å². The summed E-state index contributed by atoms with van der Waals surface area (Å²) in [4.78, 5) is 26.8. The molecule has 0 saturated heterocycles. The van der Waals surface area contributed by atoms with Gasteiger partial charge >= 0.3 is 0 Å². The summed E-state index contributed by atoms with van der Waals surface area (Å²) in [6.07, 6.45) is 3.36. The second-order valence-electron chi connectivity index (χ2n) is 6.11. The first-order valence-electron chi connectivity index (χ1n) is 8.66. The van der Waals surface area contributed by atoms with Crippen LogP contribution >= 0.6 is 11.8 Å². The van der Waals surface area contributed by atoms with Crippen molar-refractivity contribution in [2.24, 2.45) is 0 Å². The second-order valence-corrected chi connectivity index (χ2v) is 7.05. The fourth-order valence-corrected chi connectivity index (χ4v) is 3.56. The monoisotopic (exact) mass is 412 g/mol. The fraction of sp³-hybridized carbons (Fsp3) is 0.158. The zero-order valence-electron chi connectivity index (χ0n) is 15.1. The molecule has 1 aliphatic rings. The van der Waals surface area contributed by atoms with Crippen molar-refractivity contribution < 1.29 is 19.2 Å². The maximum atomic E-state index is 12.2. The maximum absolute atomic E-state index is 12.2. The van der Waals surface area contributed by atoms with E-state index in [1.165, 1.54) is 23.9 Å². The fourth-order valence-electron chi connectivity index (χ4n) is 2.76. The lowest BCUT2D eigenvalue weighted by atomic mass is 10.2. The van der Waals surface area contributed by atoms with Gasteiger partial charge in [-0.15, -0.1) is 0 Å². The van der Waals surface area contributed by atoms with Gasteiger partial charge in [-0.2, -0.15) is 0 Å². The molecule has 0 radical (unpaired) electrons. The highest BCUT2D eigenvalue weighted by Crippen LogP contribution is 2.32. The van der Waals surface area contributed by atoms with Crippen molar-refractivity contribution in [2.45, 2.75) is 11.7 Å². The number of non-ortho nitro benzene ring substituents is 1. The Kier molecular flexibility index (Phi) is 5.34. The van der Waals surface area contributed by atoms with Crippen LogP contribution in [0.4, 0.5) is 5.69 Å². The molecular weight excluding hydrogens is 396 g/mol. The molecule has 29 heavy (non-hydrogen) atoms. The predicted molar refractivity (Wildman–Crippen MR) is 105 cm³/mol. The normalized spacial score (nSPS) is 12.0. The average molecular weight is 412 g/mol. The molecule has 1 aromatic heterocycles. The van der Waals surface area contributed by atoms with E-state index in [-0.39, 0.29) is 24.1 Å². The lowest BCUT2D eigenvalue weighted by Gasteiger charge is -2.08. The molecule has 3 aromatic rings. The largest absolute Gasteiger partial charge is 0.454 e. The van der Waals surface area contributed by atoms with Gasteiger partial charge < -0.3 is 14.8 Å². The van der Waals surface area contributed by atoms with E-state index in [0.29, 0.717) is 23.2 Å². The molecule has 2 aromatic carbocycles. The number of ether oxygens (including phenoxy) is 2. The molecule has 0 unspecified atom stereocenters. The Morgan fingerprint density at radius 2 is 2.00 bits per heavy atom. The number of nitrogens with one attached hydrogen (secondary N) is 1. The van der Waals surface area contributed by atoms with E-state index in [2.05, 4.69) is 10.3 Å². The molecule has 0 atom stereocenters. The first-order chi connectivity index (χ1) is 14.1. The van der Waals surface area contributed by atoms with Gasteiger partial charge in [0.15, 0.2) is 16.7 Å². The lowest BCUT2D eigenvalue weighted by Crippen LogP contribution is -2.24. The van der Waals surface area contributed by atoms with Crippen LogP contribution < -0.4 is 14.8 Å². The van der Waals surface area contributed by atoms with Crippen LogP contribution in [0.2, 0.25) is 0 Å². The summed E-state index contributed by atoms with van der Waals surface area (Å²) in [6, 6.07) is 11.7.